The summed E-state index contributed by atoms with van der Waals surface area (Å²) < 4.78 is 3.03. The summed E-state index contributed by atoms with van der Waals surface area (Å²) in [6.45, 7) is 2.82. The lowest BCUT2D eigenvalue weighted by Crippen LogP contribution is -2.22. The standard InChI is InChI=1S/C12H19N5O/c1-10(13-2)5-3-4-7-17-12(18)16-8-6-14-9-11(16)15-17/h6,8-10,13H,3-5,7H2,1-2H3. The minimum absolute atomic E-state index is 0.0888. The molecule has 2 heterocycles. The van der Waals surface area contributed by atoms with Gasteiger partial charge in [0.25, 0.3) is 0 Å². The van der Waals surface area contributed by atoms with Gasteiger partial charge in [-0.15, -0.1) is 5.10 Å². The van der Waals surface area contributed by atoms with Crippen molar-refractivity contribution in [2.24, 2.45) is 0 Å². The molecule has 0 spiro atoms. The molecule has 0 aromatic carbocycles. The zero-order valence-electron chi connectivity index (χ0n) is 10.8. The number of hydrogen-bond acceptors (Lipinski definition) is 4. The van der Waals surface area contributed by atoms with E-state index in [4.69, 9.17) is 0 Å². The van der Waals surface area contributed by atoms with E-state index < -0.39 is 0 Å². The maximum atomic E-state index is 11.9. The van der Waals surface area contributed by atoms with E-state index in [0.29, 0.717) is 18.2 Å². The minimum atomic E-state index is -0.0888. The molecule has 0 saturated heterocycles. The zero-order valence-corrected chi connectivity index (χ0v) is 10.8. The predicted octanol–water partition coefficient (Wildman–Crippen LogP) is 0.669. The van der Waals surface area contributed by atoms with E-state index in [2.05, 4.69) is 22.3 Å². The monoisotopic (exact) mass is 249 g/mol. The molecule has 1 N–H and O–H groups in total. The molecule has 98 valence electrons. The lowest BCUT2D eigenvalue weighted by atomic mass is 10.1. The maximum absolute atomic E-state index is 11.9. The Balaban J connectivity index is 1.96. The highest BCUT2D eigenvalue weighted by Crippen LogP contribution is 2.01. The Labute approximate surface area is 106 Å². The van der Waals surface area contributed by atoms with E-state index in [1.54, 1.807) is 18.6 Å². The van der Waals surface area contributed by atoms with Crippen LogP contribution in [-0.2, 0) is 6.54 Å². The third-order valence-electron chi connectivity index (χ3n) is 3.14. The number of hydrogen-bond donors (Lipinski definition) is 1. The number of fused-ring (bicyclic) bond motifs is 1. The fraction of sp³-hybridized carbons (Fsp3) is 0.583. The average molecular weight is 249 g/mol. The normalized spacial score (nSPS) is 13.0. The summed E-state index contributed by atoms with van der Waals surface area (Å²) in [5.74, 6) is 0. The third-order valence-corrected chi connectivity index (χ3v) is 3.14. The summed E-state index contributed by atoms with van der Waals surface area (Å²) in [5, 5.41) is 7.44. The van der Waals surface area contributed by atoms with Crippen molar-refractivity contribution >= 4 is 5.65 Å². The Morgan fingerprint density at radius 2 is 2.28 bits per heavy atom. The molecule has 2 rings (SSSR count). The molecule has 0 bridgehead atoms. The summed E-state index contributed by atoms with van der Waals surface area (Å²) in [4.78, 5) is 15.9. The Hall–Kier alpha value is -1.69. The number of nitrogens with zero attached hydrogens (tertiary/aromatic N) is 4. The van der Waals surface area contributed by atoms with Crippen LogP contribution in [0.15, 0.2) is 23.4 Å². The molecule has 0 amide bonds. The second-order valence-electron chi connectivity index (χ2n) is 4.50. The molecule has 0 fully saturated rings. The molecule has 6 nitrogen and oxygen atoms in total. The number of aromatic nitrogens is 4. The van der Waals surface area contributed by atoms with Crippen LogP contribution in [0, 0.1) is 0 Å². The first kappa shape index (κ1) is 12.8. The molecular weight excluding hydrogens is 230 g/mol. The van der Waals surface area contributed by atoms with Crippen molar-refractivity contribution in [3.05, 3.63) is 29.1 Å². The van der Waals surface area contributed by atoms with Gasteiger partial charge < -0.3 is 5.32 Å². The molecule has 0 aliphatic carbocycles. The van der Waals surface area contributed by atoms with Gasteiger partial charge in [0.05, 0.1) is 6.20 Å². The molecule has 2 aromatic rings. The smallest absolute Gasteiger partial charge is 0.317 e. The van der Waals surface area contributed by atoms with Gasteiger partial charge in [-0.25, -0.2) is 13.9 Å². The van der Waals surface area contributed by atoms with Gasteiger partial charge in [0.2, 0.25) is 0 Å². The van der Waals surface area contributed by atoms with Crippen LogP contribution in [0.25, 0.3) is 5.65 Å². The number of unbranched alkanes of at least 4 members (excludes halogenated alkanes) is 1. The summed E-state index contributed by atoms with van der Waals surface area (Å²) in [6, 6.07) is 0.520. The highest BCUT2D eigenvalue weighted by atomic mass is 16.2. The van der Waals surface area contributed by atoms with Gasteiger partial charge >= 0.3 is 5.69 Å². The van der Waals surface area contributed by atoms with Gasteiger partial charge in [0.1, 0.15) is 0 Å². The Kier molecular flexibility index (Phi) is 4.09. The Morgan fingerprint density at radius 3 is 3.00 bits per heavy atom. The highest BCUT2D eigenvalue weighted by molar-refractivity contribution is 5.31. The van der Waals surface area contributed by atoms with E-state index >= 15 is 0 Å². The second-order valence-corrected chi connectivity index (χ2v) is 4.50. The van der Waals surface area contributed by atoms with Crippen LogP contribution in [0.5, 0.6) is 0 Å². The van der Waals surface area contributed by atoms with Crippen molar-refractivity contribution in [3.63, 3.8) is 0 Å². The van der Waals surface area contributed by atoms with Gasteiger partial charge in [-0.2, -0.15) is 0 Å². The summed E-state index contributed by atoms with van der Waals surface area (Å²) in [5.41, 5.74) is 0.514. The largest absolute Gasteiger partial charge is 0.350 e. The topological polar surface area (TPSA) is 64.2 Å². The van der Waals surface area contributed by atoms with Crippen LogP contribution in [0.3, 0.4) is 0 Å². The SMILES string of the molecule is CNC(C)CCCCn1nc2cnccn2c1=O. The van der Waals surface area contributed by atoms with Crippen LogP contribution in [0.4, 0.5) is 0 Å². The first-order valence-electron chi connectivity index (χ1n) is 6.29. The van der Waals surface area contributed by atoms with E-state index in [-0.39, 0.29) is 5.69 Å². The van der Waals surface area contributed by atoms with E-state index in [1.165, 1.54) is 9.08 Å². The minimum Gasteiger partial charge on any atom is -0.317 e. The Bertz CT molecular complexity index is 559. The predicted molar refractivity (Wildman–Crippen MR) is 69.6 cm³/mol. The first-order chi connectivity index (χ1) is 8.72. The van der Waals surface area contributed by atoms with Crippen LogP contribution >= 0.6 is 0 Å². The van der Waals surface area contributed by atoms with Crippen LogP contribution in [0.1, 0.15) is 26.2 Å². The first-order valence-corrected chi connectivity index (χ1v) is 6.29. The summed E-state index contributed by atoms with van der Waals surface area (Å²) >= 11 is 0. The van der Waals surface area contributed by atoms with Crippen molar-refractivity contribution in [1.82, 2.24) is 24.5 Å². The van der Waals surface area contributed by atoms with Crippen molar-refractivity contribution in [2.45, 2.75) is 38.8 Å². The molecular formula is C12H19N5O. The average Bonchev–Trinajstić information content (AvgIpc) is 2.72. The molecule has 2 aromatic heterocycles. The molecule has 0 aliphatic heterocycles. The molecule has 0 radical (unpaired) electrons. The van der Waals surface area contributed by atoms with Crippen LogP contribution in [0.2, 0.25) is 0 Å². The van der Waals surface area contributed by atoms with Crippen LogP contribution < -0.4 is 11.0 Å². The molecule has 6 heteroatoms. The van der Waals surface area contributed by atoms with Crippen molar-refractivity contribution in [3.8, 4) is 0 Å². The highest BCUT2D eigenvalue weighted by Gasteiger charge is 2.05. The van der Waals surface area contributed by atoms with Gasteiger partial charge in [0, 0.05) is 25.0 Å². The third kappa shape index (κ3) is 2.76. The number of nitrogens with one attached hydrogen (secondary N) is 1. The fourth-order valence-corrected chi connectivity index (χ4v) is 1.88. The second kappa shape index (κ2) is 5.77. The quantitative estimate of drug-likeness (QED) is 0.764. The Morgan fingerprint density at radius 1 is 1.44 bits per heavy atom. The molecule has 0 aliphatic rings. The van der Waals surface area contributed by atoms with E-state index in [1.807, 2.05) is 7.05 Å². The fourth-order valence-electron chi connectivity index (χ4n) is 1.88. The van der Waals surface area contributed by atoms with E-state index in [0.717, 1.165) is 19.3 Å². The molecule has 1 unspecified atom stereocenters. The lowest BCUT2D eigenvalue weighted by Gasteiger charge is -2.08. The molecule has 1 atom stereocenters. The number of aryl methyl sites for hydroxylation is 1. The van der Waals surface area contributed by atoms with Gasteiger partial charge in [-0.1, -0.05) is 6.42 Å². The van der Waals surface area contributed by atoms with Crippen molar-refractivity contribution in [1.29, 1.82) is 0 Å². The summed E-state index contributed by atoms with van der Waals surface area (Å²) in [7, 11) is 1.96. The van der Waals surface area contributed by atoms with Gasteiger partial charge in [0.15, 0.2) is 5.65 Å². The number of rotatable bonds is 6. The van der Waals surface area contributed by atoms with Crippen molar-refractivity contribution in [2.75, 3.05) is 7.05 Å². The zero-order chi connectivity index (χ0) is 13.0. The van der Waals surface area contributed by atoms with Crippen molar-refractivity contribution < 1.29 is 0 Å². The van der Waals surface area contributed by atoms with E-state index in [9.17, 15) is 4.79 Å². The maximum Gasteiger partial charge on any atom is 0.350 e. The van der Waals surface area contributed by atoms with Gasteiger partial charge in [-0.3, -0.25) is 4.98 Å². The van der Waals surface area contributed by atoms with Crippen LogP contribution in [-0.4, -0.2) is 32.3 Å². The molecule has 0 saturated carbocycles. The lowest BCUT2D eigenvalue weighted by molar-refractivity contribution is 0.484. The molecule has 18 heavy (non-hydrogen) atoms. The summed E-state index contributed by atoms with van der Waals surface area (Å²) in [6.07, 6.45) is 7.99. The van der Waals surface area contributed by atoms with Gasteiger partial charge in [-0.05, 0) is 26.8 Å².